The topological polar surface area (TPSA) is 49.4 Å². The van der Waals surface area contributed by atoms with Crippen LogP contribution in [-0.2, 0) is 16.6 Å². The third-order valence-corrected chi connectivity index (χ3v) is 5.92. The molecule has 1 aliphatic heterocycles. The molecule has 1 saturated heterocycles. The number of benzene rings is 2. The number of hydrogen-bond acceptors (Lipinski definition) is 3. The molecule has 3 rings (SSSR count). The Hall–Kier alpha value is -1.54. The molecule has 0 radical (unpaired) electrons. The monoisotopic (exact) mass is 402 g/mol. The third kappa shape index (κ3) is 5.01. The van der Waals surface area contributed by atoms with E-state index in [1.165, 1.54) is 5.56 Å². The molecular formula is C18H21ClF2N2O2S. The maximum absolute atomic E-state index is 13.7. The molecule has 0 atom stereocenters. The number of piperidine rings is 1. The Labute approximate surface area is 158 Å². The molecule has 1 fully saturated rings. The number of nitrogens with one attached hydrogen (secondary N) is 1. The third-order valence-electron chi connectivity index (χ3n) is 4.35. The summed E-state index contributed by atoms with van der Waals surface area (Å²) in [6, 6.07) is 12.7. The van der Waals surface area contributed by atoms with Crippen molar-refractivity contribution >= 4 is 22.4 Å². The zero-order valence-electron chi connectivity index (χ0n) is 14.1. The first kappa shape index (κ1) is 20.8. The van der Waals surface area contributed by atoms with E-state index in [4.69, 9.17) is 0 Å². The van der Waals surface area contributed by atoms with Gasteiger partial charge in [-0.1, -0.05) is 36.4 Å². The molecule has 2 aromatic carbocycles. The molecule has 26 heavy (non-hydrogen) atoms. The molecule has 0 unspecified atom stereocenters. The molecule has 4 nitrogen and oxygen atoms in total. The molecule has 8 heteroatoms. The van der Waals surface area contributed by atoms with Gasteiger partial charge < -0.3 is 0 Å². The summed E-state index contributed by atoms with van der Waals surface area (Å²) in [4.78, 5) is 1.34. The minimum Gasteiger partial charge on any atom is -0.299 e. The van der Waals surface area contributed by atoms with Gasteiger partial charge in [0.05, 0.1) is 0 Å². The first-order valence-corrected chi connectivity index (χ1v) is 9.66. The van der Waals surface area contributed by atoms with Crippen LogP contribution in [0, 0.1) is 11.6 Å². The van der Waals surface area contributed by atoms with Crippen LogP contribution in [0.3, 0.4) is 0 Å². The second-order valence-corrected chi connectivity index (χ2v) is 7.86. The van der Waals surface area contributed by atoms with Crippen LogP contribution in [0.5, 0.6) is 0 Å². The number of likely N-dealkylation sites (tertiary alicyclic amines) is 1. The van der Waals surface area contributed by atoms with Gasteiger partial charge in [-0.2, -0.15) is 0 Å². The van der Waals surface area contributed by atoms with E-state index in [0.717, 1.165) is 37.8 Å². The van der Waals surface area contributed by atoms with Gasteiger partial charge in [0, 0.05) is 25.7 Å². The van der Waals surface area contributed by atoms with E-state index in [0.29, 0.717) is 12.8 Å². The van der Waals surface area contributed by atoms with Crippen molar-refractivity contribution in [3.63, 3.8) is 0 Å². The van der Waals surface area contributed by atoms with Gasteiger partial charge >= 0.3 is 0 Å². The lowest BCUT2D eigenvalue weighted by Gasteiger charge is -2.32. The Bertz CT molecular complexity index is 806. The van der Waals surface area contributed by atoms with Gasteiger partial charge in [-0.3, -0.25) is 4.90 Å². The summed E-state index contributed by atoms with van der Waals surface area (Å²) < 4.78 is 54.5. The van der Waals surface area contributed by atoms with E-state index in [1.54, 1.807) is 0 Å². The maximum Gasteiger partial charge on any atom is 0.246 e. The minimum atomic E-state index is -4.22. The van der Waals surface area contributed by atoms with Gasteiger partial charge in [0.25, 0.3) is 0 Å². The summed E-state index contributed by atoms with van der Waals surface area (Å²) in [6.07, 6.45) is 1.20. The van der Waals surface area contributed by atoms with Crippen molar-refractivity contribution in [3.8, 4) is 0 Å². The number of rotatable bonds is 5. The highest BCUT2D eigenvalue weighted by atomic mass is 35.5. The van der Waals surface area contributed by atoms with Gasteiger partial charge in [-0.15, -0.1) is 12.4 Å². The van der Waals surface area contributed by atoms with E-state index in [2.05, 4.69) is 21.8 Å². The van der Waals surface area contributed by atoms with Crippen LogP contribution < -0.4 is 4.72 Å². The predicted molar refractivity (Wildman–Crippen MR) is 98.7 cm³/mol. The summed E-state index contributed by atoms with van der Waals surface area (Å²) in [5.74, 6) is -2.15. The second-order valence-electron chi connectivity index (χ2n) is 6.21. The molecule has 0 bridgehead atoms. The lowest BCUT2D eigenvalue weighted by Crippen LogP contribution is -2.44. The molecule has 142 valence electrons. The van der Waals surface area contributed by atoms with Crippen LogP contribution in [0.15, 0.2) is 53.4 Å². The predicted octanol–water partition coefficient (Wildman–Crippen LogP) is 3.33. The number of hydrogen-bond donors (Lipinski definition) is 1. The second kappa shape index (κ2) is 8.90. The number of halogens is 3. The molecule has 2 aromatic rings. The van der Waals surface area contributed by atoms with E-state index in [1.807, 2.05) is 18.2 Å². The first-order valence-electron chi connectivity index (χ1n) is 8.18. The number of nitrogens with zero attached hydrogens (tertiary/aromatic N) is 1. The highest BCUT2D eigenvalue weighted by Crippen LogP contribution is 2.21. The Morgan fingerprint density at radius 3 is 2.12 bits per heavy atom. The molecule has 0 aromatic heterocycles. The zero-order valence-corrected chi connectivity index (χ0v) is 15.7. The first-order chi connectivity index (χ1) is 12.0. The van der Waals surface area contributed by atoms with Gasteiger partial charge in [-0.25, -0.2) is 21.9 Å². The molecule has 0 amide bonds. The Morgan fingerprint density at radius 2 is 1.54 bits per heavy atom. The van der Waals surface area contributed by atoms with Crippen LogP contribution in [0.25, 0.3) is 0 Å². The largest absolute Gasteiger partial charge is 0.299 e. The van der Waals surface area contributed by atoms with Crippen molar-refractivity contribution in [2.45, 2.75) is 30.3 Å². The summed E-state index contributed by atoms with van der Waals surface area (Å²) in [6.45, 7) is 2.26. The van der Waals surface area contributed by atoms with Gasteiger partial charge in [-0.05, 0) is 30.5 Å². The van der Waals surface area contributed by atoms with Crippen LogP contribution in [0.2, 0.25) is 0 Å². The van der Waals surface area contributed by atoms with Crippen LogP contribution >= 0.6 is 12.4 Å². The van der Waals surface area contributed by atoms with E-state index < -0.39 is 26.6 Å². The highest BCUT2D eigenvalue weighted by Gasteiger charge is 2.28. The Balaban J connectivity index is 0.00000243. The van der Waals surface area contributed by atoms with Crippen molar-refractivity contribution in [3.05, 3.63) is 65.7 Å². The summed E-state index contributed by atoms with van der Waals surface area (Å²) >= 11 is 0. The van der Waals surface area contributed by atoms with Crippen molar-refractivity contribution < 1.29 is 17.2 Å². The Morgan fingerprint density at radius 1 is 0.962 bits per heavy atom. The highest BCUT2D eigenvalue weighted by molar-refractivity contribution is 7.89. The molecular weight excluding hydrogens is 382 g/mol. The quantitative estimate of drug-likeness (QED) is 0.834. The van der Waals surface area contributed by atoms with Crippen LogP contribution in [0.1, 0.15) is 18.4 Å². The SMILES string of the molecule is Cl.O=S(=O)(NC1CCN(Cc2ccccc2)CC1)c1c(F)cccc1F. The van der Waals surface area contributed by atoms with Gasteiger partial charge in [0.2, 0.25) is 10.0 Å². The van der Waals surface area contributed by atoms with Crippen molar-refractivity contribution in [1.29, 1.82) is 0 Å². The van der Waals surface area contributed by atoms with Crippen molar-refractivity contribution in [2.75, 3.05) is 13.1 Å². The van der Waals surface area contributed by atoms with Crippen molar-refractivity contribution in [1.82, 2.24) is 9.62 Å². The molecule has 1 N–H and O–H groups in total. The summed E-state index contributed by atoms with van der Waals surface area (Å²) in [7, 11) is -4.22. The average molecular weight is 403 g/mol. The molecule has 0 spiro atoms. The van der Waals surface area contributed by atoms with E-state index >= 15 is 0 Å². The number of sulfonamides is 1. The normalized spacial score (nSPS) is 16.2. The summed E-state index contributed by atoms with van der Waals surface area (Å²) in [5, 5.41) is 0. The van der Waals surface area contributed by atoms with E-state index in [9.17, 15) is 17.2 Å². The van der Waals surface area contributed by atoms with E-state index in [-0.39, 0.29) is 18.4 Å². The molecule has 0 saturated carbocycles. The summed E-state index contributed by atoms with van der Waals surface area (Å²) in [5.41, 5.74) is 1.20. The molecule has 1 aliphatic rings. The standard InChI is InChI=1S/C18H20F2N2O2S.ClH/c19-16-7-4-8-17(20)18(16)25(23,24)21-15-9-11-22(12-10-15)13-14-5-2-1-3-6-14;/h1-8,15,21H,9-13H2;1H. The van der Waals surface area contributed by atoms with Gasteiger partial charge in [0.15, 0.2) is 4.90 Å². The fourth-order valence-corrected chi connectivity index (χ4v) is 4.51. The van der Waals surface area contributed by atoms with Crippen molar-refractivity contribution in [2.24, 2.45) is 0 Å². The maximum atomic E-state index is 13.7. The molecule has 0 aliphatic carbocycles. The Kier molecular flexibility index (Phi) is 7.11. The van der Waals surface area contributed by atoms with Crippen LogP contribution in [0.4, 0.5) is 8.78 Å². The van der Waals surface area contributed by atoms with Crippen LogP contribution in [-0.4, -0.2) is 32.4 Å². The fourth-order valence-electron chi connectivity index (χ4n) is 3.07. The van der Waals surface area contributed by atoms with Gasteiger partial charge in [0.1, 0.15) is 11.6 Å². The molecule has 1 heterocycles. The smallest absolute Gasteiger partial charge is 0.246 e. The lowest BCUT2D eigenvalue weighted by atomic mass is 10.1. The zero-order chi connectivity index (χ0) is 17.9. The average Bonchev–Trinajstić information content (AvgIpc) is 2.57. The minimum absolute atomic E-state index is 0. The fraction of sp³-hybridized carbons (Fsp3) is 0.333. The lowest BCUT2D eigenvalue weighted by molar-refractivity contribution is 0.200.